The van der Waals surface area contributed by atoms with E-state index in [-0.39, 0.29) is 6.10 Å². The molecule has 1 aliphatic heterocycles. The predicted octanol–water partition coefficient (Wildman–Crippen LogP) is 3.94. The van der Waals surface area contributed by atoms with Crippen LogP contribution in [0.25, 0.3) is 0 Å². The topological polar surface area (TPSA) is 38.7 Å². The van der Waals surface area contributed by atoms with Gasteiger partial charge >= 0.3 is 0 Å². The SMILES string of the molecule is CC1CCOC1C(O)c1ccc(Oc2ccccc2)cc1. The molecule has 3 rings (SSSR count). The molecule has 1 saturated heterocycles. The summed E-state index contributed by atoms with van der Waals surface area (Å²) in [5.74, 6) is 1.95. The van der Waals surface area contributed by atoms with Crippen molar-refractivity contribution in [3.05, 3.63) is 60.2 Å². The highest BCUT2D eigenvalue weighted by atomic mass is 16.5. The van der Waals surface area contributed by atoms with E-state index in [0.29, 0.717) is 5.92 Å². The van der Waals surface area contributed by atoms with Gasteiger partial charge in [-0.2, -0.15) is 0 Å². The first-order valence-corrected chi connectivity index (χ1v) is 7.36. The molecule has 0 amide bonds. The summed E-state index contributed by atoms with van der Waals surface area (Å²) in [6.07, 6.45) is 0.330. The lowest BCUT2D eigenvalue weighted by molar-refractivity contribution is -0.0178. The Labute approximate surface area is 125 Å². The van der Waals surface area contributed by atoms with Crippen LogP contribution in [0, 0.1) is 5.92 Å². The number of rotatable bonds is 4. The third-order valence-electron chi connectivity index (χ3n) is 3.96. The number of hydrogen-bond donors (Lipinski definition) is 1. The Bertz CT molecular complexity index is 565. The maximum absolute atomic E-state index is 10.4. The molecule has 3 heteroatoms. The minimum Gasteiger partial charge on any atom is -0.457 e. The maximum atomic E-state index is 10.4. The average Bonchev–Trinajstić information content (AvgIpc) is 2.94. The zero-order chi connectivity index (χ0) is 14.7. The maximum Gasteiger partial charge on any atom is 0.127 e. The number of hydrogen-bond acceptors (Lipinski definition) is 3. The molecule has 3 nitrogen and oxygen atoms in total. The second-order valence-corrected chi connectivity index (χ2v) is 5.53. The summed E-state index contributed by atoms with van der Waals surface area (Å²) in [7, 11) is 0. The van der Waals surface area contributed by atoms with E-state index in [1.165, 1.54) is 0 Å². The first-order chi connectivity index (χ1) is 10.2. The smallest absolute Gasteiger partial charge is 0.127 e. The van der Waals surface area contributed by atoms with Gasteiger partial charge in [0.2, 0.25) is 0 Å². The van der Waals surface area contributed by atoms with Crippen molar-refractivity contribution in [3.8, 4) is 11.5 Å². The average molecular weight is 284 g/mol. The van der Waals surface area contributed by atoms with E-state index in [9.17, 15) is 5.11 Å². The fourth-order valence-electron chi connectivity index (χ4n) is 2.67. The van der Waals surface area contributed by atoms with E-state index < -0.39 is 6.10 Å². The van der Waals surface area contributed by atoms with Crippen LogP contribution in [0.15, 0.2) is 54.6 Å². The Morgan fingerprint density at radius 3 is 2.33 bits per heavy atom. The fourth-order valence-corrected chi connectivity index (χ4v) is 2.67. The summed E-state index contributed by atoms with van der Waals surface area (Å²) in [6, 6.07) is 17.2. The first kappa shape index (κ1) is 14.1. The van der Waals surface area contributed by atoms with Gasteiger partial charge in [-0.3, -0.25) is 0 Å². The predicted molar refractivity (Wildman–Crippen MR) is 81.4 cm³/mol. The van der Waals surface area contributed by atoms with Gasteiger partial charge in [0, 0.05) is 6.61 Å². The van der Waals surface area contributed by atoms with Crippen LogP contribution in [0.1, 0.15) is 25.0 Å². The third kappa shape index (κ3) is 3.26. The largest absolute Gasteiger partial charge is 0.457 e. The second kappa shape index (κ2) is 6.29. The molecule has 0 aliphatic carbocycles. The zero-order valence-electron chi connectivity index (χ0n) is 12.1. The Morgan fingerprint density at radius 1 is 1.05 bits per heavy atom. The molecule has 2 aromatic rings. The van der Waals surface area contributed by atoms with Crippen molar-refractivity contribution in [1.29, 1.82) is 0 Å². The first-order valence-electron chi connectivity index (χ1n) is 7.36. The van der Waals surface area contributed by atoms with Crippen molar-refractivity contribution in [3.63, 3.8) is 0 Å². The standard InChI is InChI=1S/C18H20O3/c1-13-11-12-20-18(13)17(19)14-7-9-16(10-8-14)21-15-5-3-2-4-6-15/h2-10,13,17-19H,11-12H2,1H3. The third-order valence-corrected chi connectivity index (χ3v) is 3.96. The van der Waals surface area contributed by atoms with E-state index >= 15 is 0 Å². The molecule has 0 radical (unpaired) electrons. The number of para-hydroxylation sites is 1. The zero-order valence-corrected chi connectivity index (χ0v) is 12.1. The molecule has 110 valence electrons. The molecule has 0 saturated carbocycles. The van der Waals surface area contributed by atoms with Crippen LogP contribution in [0.5, 0.6) is 11.5 Å². The summed E-state index contributed by atoms with van der Waals surface area (Å²) >= 11 is 0. The second-order valence-electron chi connectivity index (χ2n) is 5.53. The van der Waals surface area contributed by atoms with Gasteiger partial charge in [-0.1, -0.05) is 37.3 Å². The summed E-state index contributed by atoms with van der Waals surface area (Å²) in [4.78, 5) is 0. The van der Waals surface area contributed by atoms with Crippen molar-refractivity contribution >= 4 is 0 Å². The molecule has 0 spiro atoms. The van der Waals surface area contributed by atoms with Crippen LogP contribution in [-0.4, -0.2) is 17.8 Å². The van der Waals surface area contributed by atoms with Gasteiger partial charge < -0.3 is 14.6 Å². The molecule has 0 bridgehead atoms. The molecule has 0 aromatic heterocycles. The van der Waals surface area contributed by atoms with Gasteiger partial charge in [-0.25, -0.2) is 0 Å². The van der Waals surface area contributed by atoms with Gasteiger partial charge in [0.15, 0.2) is 0 Å². The van der Waals surface area contributed by atoms with E-state index in [1.54, 1.807) is 0 Å². The molecule has 1 fully saturated rings. The number of ether oxygens (including phenoxy) is 2. The highest BCUT2D eigenvalue weighted by Gasteiger charge is 2.31. The van der Waals surface area contributed by atoms with E-state index in [4.69, 9.17) is 9.47 Å². The van der Waals surface area contributed by atoms with Gasteiger partial charge in [-0.05, 0) is 42.2 Å². The molecule has 3 unspecified atom stereocenters. The van der Waals surface area contributed by atoms with Crippen LogP contribution in [0.2, 0.25) is 0 Å². The monoisotopic (exact) mass is 284 g/mol. The molecule has 21 heavy (non-hydrogen) atoms. The van der Waals surface area contributed by atoms with Crippen molar-refractivity contribution in [2.75, 3.05) is 6.61 Å². The van der Waals surface area contributed by atoms with Crippen molar-refractivity contribution in [2.45, 2.75) is 25.6 Å². The fraction of sp³-hybridized carbons (Fsp3) is 0.333. The van der Waals surface area contributed by atoms with Gasteiger partial charge in [-0.15, -0.1) is 0 Å². The Kier molecular flexibility index (Phi) is 4.23. The Morgan fingerprint density at radius 2 is 1.71 bits per heavy atom. The number of aliphatic hydroxyl groups excluding tert-OH is 1. The lowest BCUT2D eigenvalue weighted by atomic mass is 9.95. The molecule has 2 aromatic carbocycles. The molecule has 3 atom stereocenters. The minimum absolute atomic E-state index is 0.106. The summed E-state index contributed by atoms with van der Waals surface area (Å²) in [6.45, 7) is 2.85. The molecular weight excluding hydrogens is 264 g/mol. The van der Waals surface area contributed by atoms with Crippen molar-refractivity contribution in [2.24, 2.45) is 5.92 Å². The van der Waals surface area contributed by atoms with Crippen LogP contribution in [-0.2, 0) is 4.74 Å². The van der Waals surface area contributed by atoms with Crippen LogP contribution in [0.3, 0.4) is 0 Å². The summed E-state index contributed by atoms with van der Waals surface area (Å²) in [5, 5.41) is 10.4. The van der Waals surface area contributed by atoms with Gasteiger partial charge in [0.1, 0.15) is 17.6 Å². The quantitative estimate of drug-likeness (QED) is 0.924. The van der Waals surface area contributed by atoms with E-state index in [2.05, 4.69) is 6.92 Å². The minimum atomic E-state index is -0.576. The summed E-state index contributed by atoms with van der Waals surface area (Å²) < 4.78 is 11.4. The van der Waals surface area contributed by atoms with Crippen LogP contribution >= 0.6 is 0 Å². The summed E-state index contributed by atoms with van der Waals surface area (Å²) in [5.41, 5.74) is 0.870. The highest BCUT2D eigenvalue weighted by Crippen LogP contribution is 2.32. The molecule has 1 N–H and O–H groups in total. The van der Waals surface area contributed by atoms with Crippen LogP contribution < -0.4 is 4.74 Å². The number of benzene rings is 2. The normalized spacial score (nSPS) is 23.0. The van der Waals surface area contributed by atoms with Crippen molar-refractivity contribution in [1.82, 2.24) is 0 Å². The van der Waals surface area contributed by atoms with Gasteiger partial charge in [0.25, 0.3) is 0 Å². The van der Waals surface area contributed by atoms with Gasteiger partial charge in [0.05, 0.1) is 6.10 Å². The highest BCUT2D eigenvalue weighted by molar-refractivity contribution is 5.33. The van der Waals surface area contributed by atoms with E-state index in [1.807, 2.05) is 54.6 Å². The molecule has 1 aliphatic rings. The Balaban J connectivity index is 1.69. The van der Waals surface area contributed by atoms with E-state index in [0.717, 1.165) is 30.1 Å². The van der Waals surface area contributed by atoms with Crippen molar-refractivity contribution < 1.29 is 14.6 Å². The molecule has 1 heterocycles. The Hall–Kier alpha value is -1.84. The lowest BCUT2D eigenvalue weighted by Crippen LogP contribution is -2.22. The molecular formula is C18H20O3. The number of aliphatic hydroxyl groups is 1. The van der Waals surface area contributed by atoms with Crippen LogP contribution in [0.4, 0.5) is 0 Å². The lowest BCUT2D eigenvalue weighted by Gasteiger charge is -2.21.